The first-order chi connectivity index (χ1) is 16.1. The van der Waals surface area contributed by atoms with Gasteiger partial charge in [-0.3, -0.25) is 9.80 Å². The molecule has 0 unspecified atom stereocenters. The van der Waals surface area contributed by atoms with E-state index >= 15 is 0 Å². The summed E-state index contributed by atoms with van der Waals surface area (Å²) in [5.41, 5.74) is 1.30. The average Bonchev–Trinajstić information content (AvgIpc) is 2.85. The monoisotopic (exact) mass is 449 g/mol. The number of piperazine rings is 1. The molecule has 2 fully saturated rings. The minimum atomic E-state index is -0.412. The van der Waals surface area contributed by atoms with Crippen LogP contribution in [0.5, 0.6) is 5.75 Å². The highest BCUT2D eigenvalue weighted by Gasteiger charge is 2.37. The van der Waals surface area contributed by atoms with Crippen LogP contribution in [0.3, 0.4) is 0 Å². The second-order valence-corrected chi connectivity index (χ2v) is 8.61. The van der Waals surface area contributed by atoms with Crippen molar-refractivity contribution < 1.29 is 14.3 Å². The van der Waals surface area contributed by atoms with Crippen LogP contribution in [0.2, 0.25) is 0 Å². The van der Waals surface area contributed by atoms with Gasteiger partial charge in [0.25, 0.3) is 0 Å². The maximum Gasteiger partial charge on any atom is 0.411 e. The number of amides is 1. The summed E-state index contributed by atoms with van der Waals surface area (Å²) in [6, 6.07) is 9.90. The lowest BCUT2D eigenvalue weighted by atomic mass is 10.1. The van der Waals surface area contributed by atoms with E-state index in [9.17, 15) is 4.79 Å². The van der Waals surface area contributed by atoms with E-state index in [1.165, 1.54) is 5.56 Å². The van der Waals surface area contributed by atoms with E-state index in [0.29, 0.717) is 24.8 Å². The lowest BCUT2D eigenvalue weighted by molar-refractivity contribution is 0.0136. The summed E-state index contributed by atoms with van der Waals surface area (Å²) in [4.78, 5) is 27.9. The molecule has 174 valence electrons. The Hall–Kier alpha value is -3.31. The summed E-state index contributed by atoms with van der Waals surface area (Å²) >= 11 is 0. The van der Waals surface area contributed by atoms with E-state index in [1.807, 2.05) is 17.9 Å². The van der Waals surface area contributed by atoms with E-state index in [4.69, 9.17) is 15.9 Å². The van der Waals surface area contributed by atoms with Gasteiger partial charge >= 0.3 is 6.09 Å². The number of aromatic nitrogens is 2. The number of piperidine rings is 1. The zero-order valence-electron chi connectivity index (χ0n) is 19.3. The summed E-state index contributed by atoms with van der Waals surface area (Å²) in [5.74, 6) is 3.92. The zero-order valence-corrected chi connectivity index (χ0v) is 19.3. The highest BCUT2D eigenvalue weighted by atomic mass is 16.6. The van der Waals surface area contributed by atoms with Crippen molar-refractivity contribution in [1.29, 1.82) is 0 Å². The Kier molecular flexibility index (Phi) is 7.30. The molecule has 3 heterocycles. The van der Waals surface area contributed by atoms with Crippen molar-refractivity contribution in [1.82, 2.24) is 19.8 Å². The summed E-state index contributed by atoms with van der Waals surface area (Å²) in [6.45, 7) is 5.75. The average molecular weight is 450 g/mol. The summed E-state index contributed by atoms with van der Waals surface area (Å²) in [6.07, 6.45) is 10.3. The number of carbonyl (C=O) groups is 1. The molecule has 2 aromatic rings. The second-order valence-electron chi connectivity index (χ2n) is 8.61. The molecule has 0 saturated carbocycles. The molecule has 1 aromatic carbocycles. The van der Waals surface area contributed by atoms with Gasteiger partial charge in [-0.2, -0.15) is 0 Å². The molecule has 0 aliphatic carbocycles. The van der Waals surface area contributed by atoms with Gasteiger partial charge in [0.2, 0.25) is 5.95 Å². The molecule has 0 bridgehead atoms. The van der Waals surface area contributed by atoms with Gasteiger partial charge in [-0.05, 0) is 25.3 Å². The van der Waals surface area contributed by atoms with Crippen molar-refractivity contribution in [2.45, 2.75) is 44.5 Å². The molecule has 0 radical (unpaired) electrons. The standard InChI is InChI=1S/C25H31N5O3/c1-4-21-18-29(24-26-14-23(32-3)15-27-24)16-19(2)30(21)25(31)33-22-10-12-28(13-11-22)17-20-8-6-5-7-9-20/h1,5-9,14-15,19,21-22H,10-13,16-18H2,2-3H3/t19-,21+/m0/s1. The van der Waals surface area contributed by atoms with Gasteiger partial charge in [0, 0.05) is 26.2 Å². The molecule has 2 saturated heterocycles. The summed E-state index contributed by atoms with van der Waals surface area (Å²) in [7, 11) is 1.58. The number of rotatable bonds is 5. The Labute approximate surface area is 195 Å². The Balaban J connectivity index is 1.31. The van der Waals surface area contributed by atoms with Crippen LogP contribution in [0.15, 0.2) is 42.7 Å². The lowest BCUT2D eigenvalue weighted by Crippen LogP contribution is -2.60. The molecular formula is C25H31N5O3. The first-order valence-electron chi connectivity index (χ1n) is 11.4. The number of hydrogen-bond acceptors (Lipinski definition) is 7. The van der Waals surface area contributed by atoms with E-state index in [1.54, 1.807) is 24.4 Å². The molecule has 2 aliphatic rings. The maximum absolute atomic E-state index is 13.1. The topological polar surface area (TPSA) is 71.0 Å². The molecule has 2 atom stereocenters. The number of carbonyl (C=O) groups excluding carboxylic acids is 1. The fourth-order valence-corrected chi connectivity index (χ4v) is 4.50. The number of nitrogens with zero attached hydrogens (tertiary/aromatic N) is 5. The van der Waals surface area contributed by atoms with Crippen molar-refractivity contribution in [2.75, 3.05) is 38.2 Å². The smallest absolute Gasteiger partial charge is 0.411 e. The van der Waals surface area contributed by atoms with Gasteiger partial charge in [-0.1, -0.05) is 36.3 Å². The number of methoxy groups -OCH3 is 1. The van der Waals surface area contributed by atoms with Crippen LogP contribution in [0.4, 0.5) is 10.7 Å². The van der Waals surface area contributed by atoms with Crippen LogP contribution < -0.4 is 9.64 Å². The molecule has 0 N–H and O–H groups in total. The summed E-state index contributed by atoms with van der Waals surface area (Å²) in [5, 5.41) is 0. The van der Waals surface area contributed by atoms with Crippen LogP contribution >= 0.6 is 0 Å². The van der Waals surface area contributed by atoms with Crippen LogP contribution in [-0.2, 0) is 11.3 Å². The van der Waals surface area contributed by atoms with Crippen LogP contribution in [0.25, 0.3) is 0 Å². The van der Waals surface area contributed by atoms with E-state index in [-0.39, 0.29) is 18.2 Å². The van der Waals surface area contributed by atoms with Crippen molar-refractivity contribution in [3.8, 4) is 18.1 Å². The zero-order chi connectivity index (χ0) is 23.2. The highest BCUT2D eigenvalue weighted by molar-refractivity contribution is 5.70. The Morgan fingerprint density at radius 2 is 1.85 bits per heavy atom. The largest absolute Gasteiger partial charge is 0.494 e. The maximum atomic E-state index is 13.1. The first kappa shape index (κ1) is 22.9. The van der Waals surface area contributed by atoms with Crippen LogP contribution in [0, 0.1) is 12.3 Å². The molecular weight excluding hydrogens is 418 g/mol. The molecule has 2 aliphatic heterocycles. The van der Waals surface area contributed by atoms with E-state index < -0.39 is 6.04 Å². The number of terminal acetylenes is 1. The number of benzene rings is 1. The van der Waals surface area contributed by atoms with Crippen molar-refractivity contribution >= 4 is 12.0 Å². The van der Waals surface area contributed by atoms with Gasteiger partial charge < -0.3 is 14.4 Å². The van der Waals surface area contributed by atoms with Gasteiger partial charge in [0.1, 0.15) is 12.1 Å². The fourth-order valence-electron chi connectivity index (χ4n) is 4.50. The highest BCUT2D eigenvalue weighted by Crippen LogP contribution is 2.23. The quantitative estimate of drug-likeness (QED) is 0.650. The van der Waals surface area contributed by atoms with Crippen LogP contribution in [0.1, 0.15) is 25.3 Å². The molecule has 33 heavy (non-hydrogen) atoms. The molecule has 8 nitrogen and oxygen atoms in total. The Morgan fingerprint density at radius 3 is 2.48 bits per heavy atom. The minimum absolute atomic E-state index is 0.0851. The Bertz CT molecular complexity index is 954. The van der Waals surface area contributed by atoms with Gasteiger partial charge in [-0.25, -0.2) is 14.8 Å². The minimum Gasteiger partial charge on any atom is -0.494 e. The molecule has 0 spiro atoms. The third-order valence-corrected chi connectivity index (χ3v) is 6.28. The third-order valence-electron chi connectivity index (χ3n) is 6.28. The van der Waals surface area contributed by atoms with E-state index in [0.717, 1.165) is 32.5 Å². The van der Waals surface area contributed by atoms with Gasteiger partial charge in [-0.15, -0.1) is 6.42 Å². The number of anilines is 1. The normalized spacial score (nSPS) is 22.0. The SMILES string of the molecule is C#C[C@@H]1CN(c2ncc(OC)cn2)C[C@H](C)N1C(=O)OC1CCN(Cc2ccccc2)CC1. The molecule has 1 amide bonds. The molecule has 8 heteroatoms. The van der Waals surface area contributed by atoms with Crippen LogP contribution in [-0.4, -0.2) is 77.3 Å². The van der Waals surface area contributed by atoms with Gasteiger partial charge in [0.15, 0.2) is 5.75 Å². The molecule has 4 rings (SSSR count). The van der Waals surface area contributed by atoms with Gasteiger partial charge in [0.05, 0.1) is 32.1 Å². The fraction of sp³-hybridized carbons (Fsp3) is 0.480. The van der Waals surface area contributed by atoms with Crippen molar-refractivity contribution in [2.24, 2.45) is 0 Å². The number of likely N-dealkylation sites (tertiary alicyclic amines) is 1. The summed E-state index contributed by atoms with van der Waals surface area (Å²) < 4.78 is 11.0. The predicted molar refractivity (Wildman–Crippen MR) is 126 cm³/mol. The Morgan fingerprint density at radius 1 is 1.15 bits per heavy atom. The number of ether oxygens (including phenoxy) is 2. The number of hydrogen-bond donors (Lipinski definition) is 0. The van der Waals surface area contributed by atoms with E-state index in [2.05, 4.69) is 45.1 Å². The molecule has 1 aromatic heterocycles. The second kappa shape index (κ2) is 10.5. The predicted octanol–water partition coefficient (Wildman–Crippen LogP) is 2.80. The third kappa shape index (κ3) is 5.55. The lowest BCUT2D eigenvalue weighted by Gasteiger charge is -2.43. The van der Waals surface area contributed by atoms with Crippen molar-refractivity contribution in [3.05, 3.63) is 48.3 Å². The first-order valence-corrected chi connectivity index (χ1v) is 11.4. The van der Waals surface area contributed by atoms with Crippen molar-refractivity contribution in [3.63, 3.8) is 0 Å².